The van der Waals surface area contributed by atoms with Crippen molar-refractivity contribution in [3.8, 4) is 0 Å². The zero-order chi connectivity index (χ0) is 13.1. The van der Waals surface area contributed by atoms with Crippen LogP contribution in [0.15, 0.2) is 29.6 Å². The van der Waals surface area contributed by atoms with E-state index >= 15 is 0 Å². The van der Waals surface area contributed by atoms with E-state index in [4.69, 9.17) is 0 Å². The first-order valence-corrected chi connectivity index (χ1v) is 8.72. The number of benzene rings is 1. The van der Waals surface area contributed by atoms with Crippen LogP contribution in [0.3, 0.4) is 0 Å². The fourth-order valence-corrected chi connectivity index (χ4v) is 6.25. The lowest BCUT2D eigenvalue weighted by atomic mass is 10.1. The second-order valence-corrected chi connectivity index (χ2v) is 8.59. The van der Waals surface area contributed by atoms with Gasteiger partial charge in [-0.05, 0) is 47.0 Å². The van der Waals surface area contributed by atoms with Crippen molar-refractivity contribution in [3.63, 3.8) is 0 Å². The molecular weight excluding hydrogens is 235 g/mol. The summed E-state index contributed by atoms with van der Waals surface area (Å²) in [6.07, 6.45) is 6.31. The zero-order valence-corrected chi connectivity index (χ0v) is 13.0. The summed E-state index contributed by atoms with van der Waals surface area (Å²) in [6, 6.07) is 8.89. The average Bonchev–Trinajstić information content (AvgIpc) is 2.81. The molecule has 0 spiro atoms. The molecule has 1 aromatic carbocycles. The van der Waals surface area contributed by atoms with Crippen LogP contribution in [-0.4, -0.2) is 11.3 Å². The molecule has 0 amide bonds. The van der Waals surface area contributed by atoms with Crippen molar-refractivity contribution in [3.05, 3.63) is 40.7 Å². The molecule has 2 atom stereocenters. The van der Waals surface area contributed by atoms with Gasteiger partial charge in [0.25, 0.3) is 0 Å². The van der Waals surface area contributed by atoms with E-state index in [1.54, 1.807) is 5.31 Å². The fraction of sp³-hybridized carbons (Fsp3) is 0.529. The molecule has 0 bridgehead atoms. The first-order valence-electron chi connectivity index (χ1n) is 7.24. The lowest BCUT2D eigenvalue weighted by Crippen LogP contribution is -2.10. The number of fused-ring (bicyclic) bond motifs is 1. The maximum atomic E-state index is 2.49. The van der Waals surface area contributed by atoms with E-state index in [0.717, 1.165) is 11.3 Å². The van der Waals surface area contributed by atoms with Crippen LogP contribution in [-0.2, 0) is 6.42 Å². The molecule has 2 unspecified atom stereocenters. The fourth-order valence-electron chi connectivity index (χ4n) is 2.82. The van der Waals surface area contributed by atoms with E-state index in [-0.39, 0.29) is 7.92 Å². The number of allylic oxidation sites excluding steroid dienone is 1. The molecule has 0 heterocycles. The number of hydrogen-bond donors (Lipinski definition) is 0. The summed E-state index contributed by atoms with van der Waals surface area (Å²) < 4.78 is 0. The van der Waals surface area contributed by atoms with Crippen LogP contribution >= 0.6 is 7.92 Å². The minimum Gasteiger partial charge on any atom is -0.0736 e. The van der Waals surface area contributed by atoms with Crippen molar-refractivity contribution in [2.24, 2.45) is 0 Å². The molecule has 0 saturated heterocycles. The monoisotopic (exact) mass is 260 g/mol. The normalized spacial score (nSPS) is 19.0. The Morgan fingerprint density at radius 3 is 2.22 bits per heavy atom. The van der Waals surface area contributed by atoms with Gasteiger partial charge >= 0.3 is 0 Å². The molecule has 1 aliphatic carbocycles. The molecule has 1 aromatic rings. The average molecular weight is 260 g/mol. The molecule has 0 radical (unpaired) electrons. The van der Waals surface area contributed by atoms with E-state index in [1.165, 1.54) is 30.4 Å². The van der Waals surface area contributed by atoms with E-state index in [9.17, 15) is 0 Å². The smallest absolute Gasteiger partial charge is 0.00150 e. The third kappa shape index (κ3) is 2.69. The predicted octanol–water partition coefficient (Wildman–Crippen LogP) is 5.66. The highest BCUT2D eigenvalue weighted by molar-refractivity contribution is 7.63. The first-order chi connectivity index (χ1) is 8.67. The SMILES string of the molecule is CCC(C)P(C1=Cc2ccccc2C1)C(C)CC. The third-order valence-electron chi connectivity index (χ3n) is 4.21. The van der Waals surface area contributed by atoms with E-state index in [1.807, 2.05) is 0 Å². The molecule has 0 aromatic heterocycles. The Labute approximate surface area is 113 Å². The summed E-state index contributed by atoms with van der Waals surface area (Å²) >= 11 is 0. The quantitative estimate of drug-likeness (QED) is 0.599. The molecule has 0 fully saturated rings. The van der Waals surface area contributed by atoms with Crippen LogP contribution < -0.4 is 0 Å². The maximum absolute atomic E-state index is 2.49. The highest BCUT2D eigenvalue weighted by Crippen LogP contribution is 2.58. The summed E-state index contributed by atoms with van der Waals surface area (Å²) in [5.74, 6) is 0. The third-order valence-corrected chi connectivity index (χ3v) is 7.79. The lowest BCUT2D eigenvalue weighted by Gasteiger charge is -2.30. The van der Waals surface area contributed by atoms with Crippen molar-refractivity contribution in [2.45, 2.75) is 58.3 Å². The van der Waals surface area contributed by atoms with Gasteiger partial charge in [-0.2, -0.15) is 0 Å². The van der Waals surface area contributed by atoms with Crippen LogP contribution in [0.1, 0.15) is 51.7 Å². The molecule has 0 N–H and O–H groups in total. The van der Waals surface area contributed by atoms with Crippen LogP contribution in [0.4, 0.5) is 0 Å². The largest absolute Gasteiger partial charge is 0.0736 e. The van der Waals surface area contributed by atoms with Gasteiger partial charge in [-0.25, -0.2) is 0 Å². The van der Waals surface area contributed by atoms with Gasteiger partial charge in [0.15, 0.2) is 0 Å². The van der Waals surface area contributed by atoms with Gasteiger partial charge in [0, 0.05) is 0 Å². The lowest BCUT2D eigenvalue weighted by molar-refractivity contribution is 0.835. The van der Waals surface area contributed by atoms with Crippen LogP contribution in [0, 0.1) is 0 Å². The highest BCUT2D eigenvalue weighted by atomic mass is 31.1. The van der Waals surface area contributed by atoms with Crippen molar-refractivity contribution < 1.29 is 0 Å². The first kappa shape index (κ1) is 13.8. The second-order valence-electron chi connectivity index (χ2n) is 5.43. The minimum atomic E-state index is 0.0303. The van der Waals surface area contributed by atoms with E-state index < -0.39 is 0 Å². The molecule has 2 rings (SSSR count). The van der Waals surface area contributed by atoms with Gasteiger partial charge < -0.3 is 0 Å². The molecule has 0 saturated carbocycles. The Balaban J connectivity index is 2.25. The maximum Gasteiger partial charge on any atom is -0.00150 e. The van der Waals surface area contributed by atoms with Crippen molar-refractivity contribution in [1.82, 2.24) is 0 Å². The Bertz CT molecular complexity index is 423. The van der Waals surface area contributed by atoms with Gasteiger partial charge in [0.1, 0.15) is 0 Å². The topological polar surface area (TPSA) is 0 Å². The van der Waals surface area contributed by atoms with Gasteiger partial charge in [-0.1, -0.05) is 66.0 Å². The van der Waals surface area contributed by atoms with E-state index in [0.29, 0.717) is 0 Å². The van der Waals surface area contributed by atoms with Gasteiger partial charge in [-0.15, -0.1) is 0 Å². The molecule has 98 valence electrons. The van der Waals surface area contributed by atoms with Gasteiger partial charge in [0.2, 0.25) is 0 Å². The Morgan fingerprint density at radius 2 is 1.67 bits per heavy atom. The molecule has 0 nitrogen and oxygen atoms in total. The Hall–Kier alpha value is -0.610. The summed E-state index contributed by atoms with van der Waals surface area (Å²) in [5.41, 5.74) is 4.71. The summed E-state index contributed by atoms with van der Waals surface area (Å²) in [5, 5.41) is 1.73. The Kier molecular flexibility index (Phi) is 4.62. The number of rotatable bonds is 5. The zero-order valence-electron chi connectivity index (χ0n) is 12.1. The van der Waals surface area contributed by atoms with Crippen LogP contribution in [0.2, 0.25) is 0 Å². The second kappa shape index (κ2) is 6.02. The minimum absolute atomic E-state index is 0.0303. The molecule has 18 heavy (non-hydrogen) atoms. The summed E-state index contributed by atoms with van der Waals surface area (Å²) in [6.45, 7) is 9.57. The van der Waals surface area contributed by atoms with Crippen LogP contribution in [0.25, 0.3) is 6.08 Å². The molecule has 0 aliphatic heterocycles. The van der Waals surface area contributed by atoms with Gasteiger partial charge in [0.05, 0.1) is 0 Å². The summed E-state index contributed by atoms with van der Waals surface area (Å²) in [4.78, 5) is 0. The van der Waals surface area contributed by atoms with Crippen molar-refractivity contribution >= 4 is 14.0 Å². The standard InChI is InChI=1S/C17H25P/c1-5-13(3)18(14(4)6-2)17-11-15-9-7-8-10-16(15)12-17/h7-11,13-14H,5-6,12H2,1-4H3. The molecule has 1 heteroatoms. The summed E-state index contributed by atoms with van der Waals surface area (Å²) in [7, 11) is 0.0303. The molecular formula is C17H25P. The highest BCUT2D eigenvalue weighted by Gasteiger charge is 2.27. The van der Waals surface area contributed by atoms with Crippen molar-refractivity contribution in [1.29, 1.82) is 0 Å². The van der Waals surface area contributed by atoms with Gasteiger partial charge in [-0.3, -0.25) is 0 Å². The van der Waals surface area contributed by atoms with Crippen molar-refractivity contribution in [2.75, 3.05) is 0 Å². The van der Waals surface area contributed by atoms with Crippen LogP contribution in [0.5, 0.6) is 0 Å². The number of hydrogen-bond acceptors (Lipinski definition) is 0. The van der Waals surface area contributed by atoms with E-state index in [2.05, 4.69) is 58.0 Å². The predicted molar refractivity (Wildman–Crippen MR) is 84.5 cm³/mol. The molecule has 1 aliphatic rings. The Morgan fingerprint density at radius 1 is 1.06 bits per heavy atom.